The summed E-state index contributed by atoms with van der Waals surface area (Å²) in [5.74, 6) is -0.241. The molecule has 0 radical (unpaired) electrons. The topological polar surface area (TPSA) is 62.2 Å². The highest BCUT2D eigenvalue weighted by Gasteiger charge is 2.11. The lowest BCUT2D eigenvalue weighted by molar-refractivity contribution is 0.0939. The Morgan fingerprint density at radius 1 is 1.32 bits per heavy atom. The number of hydrogen-bond donors (Lipinski definition) is 2. The minimum Gasteiger partial charge on any atom is -0.506 e. The van der Waals surface area contributed by atoms with E-state index in [0.29, 0.717) is 5.56 Å². The van der Waals surface area contributed by atoms with Crippen LogP contribution in [0.2, 0.25) is 0 Å². The summed E-state index contributed by atoms with van der Waals surface area (Å²) in [6.45, 7) is 1.95. The molecule has 19 heavy (non-hydrogen) atoms. The summed E-state index contributed by atoms with van der Waals surface area (Å²) in [5.41, 5.74) is 1.53. The van der Waals surface area contributed by atoms with Gasteiger partial charge in [-0.3, -0.25) is 9.78 Å². The highest BCUT2D eigenvalue weighted by atomic mass is 16.3. The van der Waals surface area contributed by atoms with Crippen LogP contribution < -0.4 is 5.32 Å². The number of nitrogens with zero attached hydrogens (tertiary/aromatic N) is 1. The Morgan fingerprint density at radius 3 is 2.74 bits per heavy atom. The number of aromatic hydroxyl groups is 1. The Bertz CT molecular complexity index is 555. The number of rotatable bonds is 4. The van der Waals surface area contributed by atoms with Gasteiger partial charge in [-0.25, -0.2) is 0 Å². The van der Waals surface area contributed by atoms with Crippen molar-refractivity contribution in [3.8, 4) is 5.75 Å². The number of amides is 1. The van der Waals surface area contributed by atoms with Crippen LogP contribution in [-0.4, -0.2) is 22.0 Å². The van der Waals surface area contributed by atoms with Gasteiger partial charge in [0.05, 0.1) is 11.8 Å². The molecule has 0 spiro atoms. The minimum absolute atomic E-state index is 0.0108. The molecule has 0 bridgehead atoms. The van der Waals surface area contributed by atoms with Crippen molar-refractivity contribution < 1.29 is 9.90 Å². The van der Waals surface area contributed by atoms with Crippen LogP contribution in [0, 0.1) is 0 Å². The molecule has 0 aliphatic carbocycles. The van der Waals surface area contributed by atoms with Crippen LogP contribution in [0.3, 0.4) is 0 Å². The first kappa shape index (κ1) is 13.1. The number of carbonyl (C=O) groups is 1. The lowest BCUT2D eigenvalue weighted by Gasteiger charge is -2.14. The van der Waals surface area contributed by atoms with Gasteiger partial charge in [-0.2, -0.15) is 0 Å². The second-order valence-electron chi connectivity index (χ2n) is 4.50. The van der Waals surface area contributed by atoms with E-state index in [-0.39, 0.29) is 17.7 Å². The fraction of sp³-hybridized carbons (Fsp3) is 0.200. The van der Waals surface area contributed by atoms with Gasteiger partial charge in [0.1, 0.15) is 5.75 Å². The summed E-state index contributed by atoms with van der Waals surface area (Å²) < 4.78 is 0. The molecule has 98 valence electrons. The number of benzene rings is 1. The predicted molar refractivity (Wildman–Crippen MR) is 73.0 cm³/mol. The maximum Gasteiger partial charge on any atom is 0.253 e. The van der Waals surface area contributed by atoms with Crippen molar-refractivity contribution in [3.63, 3.8) is 0 Å². The van der Waals surface area contributed by atoms with E-state index in [4.69, 9.17) is 0 Å². The molecule has 0 aliphatic heterocycles. The average molecular weight is 256 g/mol. The molecule has 2 rings (SSSR count). The van der Waals surface area contributed by atoms with Gasteiger partial charge >= 0.3 is 0 Å². The van der Waals surface area contributed by atoms with E-state index in [1.54, 1.807) is 0 Å². The molecule has 0 fully saturated rings. The molecule has 0 aliphatic rings. The maximum absolute atomic E-state index is 11.9. The van der Waals surface area contributed by atoms with E-state index >= 15 is 0 Å². The van der Waals surface area contributed by atoms with Crippen molar-refractivity contribution in [2.24, 2.45) is 0 Å². The lowest BCUT2D eigenvalue weighted by Crippen LogP contribution is -2.34. The van der Waals surface area contributed by atoms with Crippen molar-refractivity contribution in [1.29, 1.82) is 0 Å². The van der Waals surface area contributed by atoms with Crippen molar-refractivity contribution in [2.75, 3.05) is 0 Å². The fourth-order valence-corrected chi connectivity index (χ4v) is 1.88. The van der Waals surface area contributed by atoms with Crippen molar-refractivity contribution >= 4 is 5.91 Å². The molecule has 4 heteroatoms. The van der Waals surface area contributed by atoms with Gasteiger partial charge in [0.2, 0.25) is 0 Å². The predicted octanol–water partition coefficient (Wildman–Crippen LogP) is 2.15. The lowest BCUT2D eigenvalue weighted by atomic mass is 10.1. The molecular weight excluding hydrogens is 240 g/mol. The van der Waals surface area contributed by atoms with Gasteiger partial charge in [-0.15, -0.1) is 0 Å². The monoisotopic (exact) mass is 256 g/mol. The first-order valence-corrected chi connectivity index (χ1v) is 6.14. The molecule has 1 unspecified atom stereocenters. The van der Waals surface area contributed by atoms with E-state index < -0.39 is 0 Å². The van der Waals surface area contributed by atoms with Crippen LogP contribution in [0.4, 0.5) is 0 Å². The third-order valence-corrected chi connectivity index (χ3v) is 2.75. The Kier molecular flexibility index (Phi) is 4.13. The summed E-state index contributed by atoms with van der Waals surface area (Å²) in [6, 6.07) is 11.4. The van der Waals surface area contributed by atoms with Gasteiger partial charge in [0.25, 0.3) is 5.91 Å². The van der Waals surface area contributed by atoms with Crippen molar-refractivity contribution in [3.05, 3.63) is 59.9 Å². The minimum atomic E-state index is -0.230. The highest BCUT2D eigenvalue weighted by molar-refractivity contribution is 5.94. The molecule has 1 heterocycles. The molecule has 1 amide bonds. The Morgan fingerprint density at radius 2 is 2.05 bits per heavy atom. The Hall–Kier alpha value is -2.36. The Balaban J connectivity index is 1.95. The van der Waals surface area contributed by atoms with Crippen LogP contribution in [0.25, 0.3) is 0 Å². The summed E-state index contributed by atoms with van der Waals surface area (Å²) in [5, 5.41) is 12.2. The zero-order valence-corrected chi connectivity index (χ0v) is 10.7. The normalized spacial score (nSPS) is 11.8. The first-order chi connectivity index (χ1) is 9.15. The quantitative estimate of drug-likeness (QED) is 0.881. The summed E-state index contributed by atoms with van der Waals surface area (Å²) in [4.78, 5) is 15.7. The average Bonchev–Trinajstić information content (AvgIpc) is 2.39. The number of pyridine rings is 1. The summed E-state index contributed by atoms with van der Waals surface area (Å²) >= 11 is 0. The third-order valence-electron chi connectivity index (χ3n) is 2.75. The molecule has 2 aromatic rings. The molecule has 1 aromatic heterocycles. The number of hydrogen-bond acceptors (Lipinski definition) is 3. The fourth-order valence-electron chi connectivity index (χ4n) is 1.88. The van der Waals surface area contributed by atoms with Crippen LogP contribution in [0.15, 0.2) is 48.8 Å². The third kappa shape index (κ3) is 3.81. The van der Waals surface area contributed by atoms with Crippen LogP contribution >= 0.6 is 0 Å². The van der Waals surface area contributed by atoms with Crippen LogP contribution in [0.5, 0.6) is 5.75 Å². The SMILES string of the molecule is CC(Cc1ccccc1)NC(=O)c1cncc(O)c1. The number of nitrogens with one attached hydrogen (secondary N) is 1. The first-order valence-electron chi connectivity index (χ1n) is 6.14. The van der Waals surface area contributed by atoms with Gasteiger partial charge in [-0.1, -0.05) is 30.3 Å². The van der Waals surface area contributed by atoms with Gasteiger partial charge < -0.3 is 10.4 Å². The van der Waals surface area contributed by atoms with Crippen LogP contribution in [-0.2, 0) is 6.42 Å². The molecule has 2 N–H and O–H groups in total. The van der Waals surface area contributed by atoms with Gasteiger partial charge in [0, 0.05) is 12.2 Å². The Labute approximate surface area is 112 Å². The van der Waals surface area contributed by atoms with E-state index in [1.807, 2.05) is 37.3 Å². The van der Waals surface area contributed by atoms with Gasteiger partial charge in [0.15, 0.2) is 0 Å². The summed E-state index contributed by atoms with van der Waals surface area (Å²) in [6.07, 6.45) is 3.49. The zero-order chi connectivity index (χ0) is 13.7. The second kappa shape index (κ2) is 6.00. The van der Waals surface area contributed by atoms with Crippen molar-refractivity contribution in [2.45, 2.75) is 19.4 Å². The second-order valence-corrected chi connectivity index (χ2v) is 4.50. The van der Waals surface area contributed by atoms with E-state index in [2.05, 4.69) is 10.3 Å². The molecule has 4 nitrogen and oxygen atoms in total. The van der Waals surface area contributed by atoms with Gasteiger partial charge in [-0.05, 0) is 25.0 Å². The molecular formula is C15H16N2O2. The van der Waals surface area contributed by atoms with E-state index in [1.165, 1.54) is 24.0 Å². The van der Waals surface area contributed by atoms with E-state index in [9.17, 15) is 9.90 Å². The highest BCUT2D eigenvalue weighted by Crippen LogP contribution is 2.09. The molecule has 1 atom stereocenters. The largest absolute Gasteiger partial charge is 0.506 e. The molecule has 0 saturated carbocycles. The van der Waals surface area contributed by atoms with Crippen LogP contribution in [0.1, 0.15) is 22.8 Å². The smallest absolute Gasteiger partial charge is 0.253 e. The van der Waals surface area contributed by atoms with Crippen molar-refractivity contribution in [1.82, 2.24) is 10.3 Å². The molecule has 0 saturated heterocycles. The number of carbonyl (C=O) groups excluding carboxylic acids is 1. The summed E-state index contributed by atoms with van der Waals surface area (Å²) in [7, 11) is 0. The zero-order valence-electron chi connectivity index (χ0n) is 10.7. The standard InChI is InChI=1S/C15H16N2O2/c1-11(7-12-5-3-2-4-6-12)17-15(19)13-8-14(18)10-16-9-13/h2-6,8-11,18H,7H2,1H3,(H,17,19). The van der Waals surface area contributed by atoms with E-state index in [0.717, 1.165) is 6.42 Å². The number of aromatic nitrogens is 1. The molecule has 1 aromatic carbocycles. The maximum atomic E-state index is 11.9.